The van der Waals surface area contributed by atoms with Crippen LogP contribution in [0.15, 0.2) is 36.7 Å². The number of esters is 1. The van der Waals surface area contributed by atoms with E-state index in [1.54, 1.807) is 0 Å². The maximum absolute atomic E-state index is 12.3. The summed E-state index contributed by atoms with van der Waals surface area (Å²) < 4.78 is 5.62. The number of hydrogen-bond acceptors (Lipinski definition) is 4. The fraction of sp³-hybridized carbons (Fsp3) is 0.621. The lowest BCUT2D eigenvalue weighted by Gasteiger charge is -2.16. The molecule has 0 spiro atoms. The number of benzene rings is 1. The first-order valence-corrected chi connectivity index (χ1v) is 13.1. The van der Waals surface area contributed by atoms with Gasteiger partial charge in [0.1, 0.15) is 0 Å². The molecule has 0 fully saturated rings. The Hall–Kier alpha value is -2.23. The zero-order valence-electron chi connectivity index (χ0n) is 21.3. The van der Waals surface area contributed by atoms with Gasteiger partial charge in [-0.1, -0.05) is 90.0 Å². The fourth-order valence-corrected chi connectivity index (χ4v) is 4.08. The summed E-state index contributed by atoms with van der Waals surface area (Å²) in [7, 11) is 0. The number of ether oxygens (including phenoxy) is 1. The maximum Gasteiger partial charge on any atom is 0.306 e. The van der Waals surface area contributed by atoms with E-state index in [0.29, 0.717) is 6.42 Å². The largest absolute Gasteiger partial charge is 0.463 e. The van der Waals surface area contributed by atoms with Crippen LogP contribution in [0.2, 0.25) is 0 Å². The molecule has 33 heavy (non-hydrogen) atoms. The van der Waals surface area contributed by atoms with Gasteiger partial charge in [-0.2, -0.15) is 0 Å². The third kappa shape index (κ3) is 10.5. The highest BCUT2D eigenvalue weighted by molar-refractivity contribution is 5.70. The Morgan fingerprint density at radius 3 is 2.09 bits per heavy atom. The molecule has 2 aromatic rings. The van der Waals surface area contributed by atoms with Gasteiger partial charge in [0.05, 0.1) is 12.5 Å². The van der Waals surface area contributed by atoms with Crippen LogP contribution in [-0.2, 0) is 16.0 Å². The van der Waals surface area contributed by atoms with E-state index in [1.807, 2.05) is 31.5 Å². The van der Waals surface area contributed by atoms with Crippen LogP contribution in [0.3, 0.4) is 0 Å². The van der Waals surface area contributed by atoms with Crippen LogP contribution in [0.4, 0.5) is 0 Å². The molecule has 4 nitrogen and oxygen atoms in total. The first-order chi connectivity index (χ1) is 16.0. The van der Waals surface area contributed by atoms with Crippen LogP contribution in [0.25, 0.3) is 11.4 Å². The van der Waals surface area contributed by atoms with Crippen LogP contribution >= 0.6 is 0 Å². The van der Waals surface area contributed by atoms with E-state index in [2.05, 4.69) is 42.9 Å². The SMILES string of the molecule is CCCCCCCc1cnc(-c2ccc(C(C)CC(=O)OC(C)CCCCCC)cc2)nc1. The maximum atomic E-state index is 12.3. The predicted octanol–water partition coefficient (Wildman–Crippen LogP) is 8.05. The molecule has 0 amide bonds. The first-order valence-electron chi connectivity index (χ1n) is 13.1. The molecule has 1 aromatic heterocycles. The molecule has 0 radical (unpaired) electrons. The summed E-state index contributed by atoms with van der Waals surface area (Å²) in [6, 6.07) is 8.25. The average molecular weight is 453 g/mol. The van der Waals surface area contributed by atoms with E-state index >= 15 is 0 Å². The minimum atomic E-state index is -0.108. The van der Waals surface area contributed by atoms with E-state index in [0.717, 1.165) is 36.2 Å². The van der Waals surface area contributed by atoms with Gasteiger partial charge in [0.2, 0.25) is 0 Å². The van der Waals surface area contributed by atoms with Crippen LogP contribution < -0.4 is 0 Å². The Morgan fingerprint density at radius 2 is 1.45 bits per heavy atom. The monoisotopic (exact) mass is 452 g/mol. The Bertz CT molecular complexity index is 786. The van der Waals surface area contributed by atoms with Gasteiger partial charge in [0.15, 0.2) is 5.82 Å². The van der Waals surface area contributed by atoms with Crippen molar-refractivity contribution in [2.24, 2.45) is 0 Å². The molecule has 0 aliphatic rings. The molecule has 4 heteroatoms. The molecule has 1 aromatic carbocycles. The predicted molar refractivity (Wildman–Crippen MR) is 137 cm³/mol. The van der Waals surface area contributed by atoms with Crippen molar-refractivity contribution in [2.75, 3.05) is 0 Å². The molecule has 2 rings (SSSR count). The Morgan fingerprint density at radius 1 is 0.848 bits per heavy atom. The first kappa shape index (κ1) is 27.0. The number of rotatable bonds is 16. The van der Waals surface area contributed by atoms with E-state index in [9.17, 15) is 4.79 Å². The molecule has 2 unspecified atom stereocenters. The zero-order chi connectivity index (χ0) is 23.9. The molecule has 1 heterocycles. The number of carbonyl (C=O) groups is 1. The van der Waals surface area contributed by atoms with E-state index in [-0.39, 0.29) is 18.0 Å². The molecule has 0 bridgehead atoms. The molecule has 0 N–H and O–H groups in total. The van der Waals surface area contributed by atoms with Gasteiger partial charge in [-0.05, 0) is 49.7 Å². The van der Waals surface area contributed by atoms with E-state index in [1.165, 1.54) is 56.9 Å². The molecule has 0 aliphatic heterocycles. The molecular weight excluding hydrogens is 408 g/mol. The van der Waals surface area contributed by atoms with Gasteiger partial charge >= 0.3 is 5.97 Å². The highest BCUT2D eigenvalue weighted by atomic mass is 16.5. The van der Waals surface area contributed by atoms with Gasteiger partial charge in [-0.3, -0.25) is 4.79 Å². The lowest BCUT2D eigenvalue weighted by molar-refractivity contribution is -0.148. The highest BCUT2D eigenvalue weighted by Gasteiger charge is 2.15. The molecule has 0 saturated heterocycles. The van der Waals surface area contributed by atoms with Crippen LogP contribution in [0, 0.1) is 0 Å². The number of hydrogen-bond donors (Lipinski definition) is 0. The number of aryl methyl sites for hydroxylation is 1. The summed E-state index contributed by atoms with van der Waals surface area (Å²) in [6.07, 6.45) is 17.5. The number of unbranched alkanes of at least 4 members (excludes halogenated alkanes) is 7. The molecule has 0 aliphatic carbocycles. The zero-order valence-corrected chi connectivity index (χ0v) is 21.3. The van der Waals surface area contributed by atoms with Gasteiger partial charge in [0, 0.05) is 18.0 Å². The topological polar surface area (TPSA) is 52.1 Å². The molecule has 2 atom stereocenters. The van der Waals surface area contributed by atoms with Crippen molar-refractivity contribution in [3.05, 3.63) is 47.8 Å². The quantitative estimate of drug-likeness (QED) is 0.191. The van der Waals surface area contributed by atoms with Crippen molar-refractivity contribution in [3.63, 3.8) is 0 Å². The van der Waals surface area contributed by atoms with E-state index < -0.39 is 0 Å². The normalized spacial score (nSPS) is 13.0. The minimum absolute atomic E-state index is 0.000364. The van der Waals surface area contributed by atoms with Crippen molar-refractivity contribution in [3.8, 4) is 11.4 Å². The van der Waals surface area contributed by atoms with Crippen LogP contribution in [0.1, 0.15) is 115 Å². The summed E-state index contributed by atoms with van der Waals surface area (Å²) in [5.74, 6) is 0.762. The van der Waals surface area contributed by atoms with Gasteiger partial charge < -0.3 is 4.74 Å². The van der Waals surface area contributed by atoms with Crippen molar-refractivity contribution >= 4 is 5.97 Å². The second-order valence-corrected chi connectivity index (χ2v) is 9.46. The van der Waals surface area contributed by atoms with Crippen molar-refractivity contribution in [2.45, 2.75) is 117 Å². The smallest absolute Gasteiger partial charge is 0.306 e. The average Bonchev–Trinajstić information content (AvgIpc) is 2.82. The van der Waals surface area contributed by atoms with E-state index in [4.69, 9.17) is 4.74 Å². The summed E-state index contributed by atoms with van der Waals surface area (Å²) in [5, 5.41) is 0. The Kier molecular flexibility index (Phi) is 12.8. The second kappa shape index (κ2) is 15.6. The molecular formula is C29H44N2O2. The molecule has 0 saturated carbocycles. The number of nitrogens with zero attached hydrogens (tertiary/aromatic N) is 2. The third-order valence-electron chi connectivity index (χ3n) is 6.28. The Balaban J connectivity index is 1.79. The van der Waals surface area contributed by atoms with Gasteiger partial charge in [-0.15, -0.1) is 0 Å². The highest BCUT2D eigenvalue weighted by Crippen LogP contribution is 2.24. The van der Waals surface area contributed by atoms with Crippen molar-refractivity contribution in [1.29, 1.82) is 0 Å². The van der Waals surface area contributed by atoms with Gasteiger partial charge in [-0.25, -0.2) is 9.97 Å². The standard InChI is InChI=1S/C29H44N2O2/c1-5-7-9-11-13-15-25-21-30-29(31-22-25)27-18-16-26(17-19-27)23(3)20-28(32)33-24(4)14-12-10-8-6-2/h16-19,21-24H,5-15,20H2,1-4H3. The second-order valence-electron chi connectivity index (χ2n) is 9.46. The minimum Gasteiger partial charge on any atom is -0.463 e. The summed E-state index contributed by atoms with van der Waals surface area (Å²) in [5.41, 5.74) is 3.34. The van der Waals surface area contributed by atoms with Crippen molar-refractivity contribution < 1.29 is 9.53 Å². The summed E-state index contributed by atoms with van der Waals surface area (Å²) in [6.45, 7) is 8.53. The number of carbonyl (C=O) groups excluding carboxylic acids is 1. The van der Waals surface area contributed by atoms with Gasteiger partial charge in [0.25, 0.3) is 0 Å². The lowest BCUT2D eigenvalue weighted by Crippen LogP contribution is -2.16. The summed E-state index contributed by atoms with van der Waals surface area (Å²) in [4.78, 5) is 21.5. The Labute approximate surface area is 201 Å². The fourth-order valence-electron chi connectivity index (χ4n) is 4.08. The molecule has 182 valence electrons. The summed E-state index contributed by atoms with van der Waals surface area (Å²) >= 11 is 0. The van der Waals surface area contributed by atoms with Crippen LogP contribution in [0.5, 0.6) is 0 Å². The van der Waals surface area contributed by atoms with Crippen molar-refractivity contribution in [1.82, 2.24) is 9.97 Å². The third-order valence-corrected chi connectivity index (χ3v) is 6.28. The number of aromatic nitrogens is 2. The lowest BCUT2D eigenvalue weighted by atomic mass is 9.96. The van der Waals surface area contributed by atoms with Crippen LogP contribution in [-0.4, -0.2) is 22.0 Å².